The van der Waals surface area contributed by atoms with Gasteiger partial charge in [-0.15, -0.1) is 0 Å². The number of benzene rings is 1. The van der Waals surface area contributed by atoms with Crippen LogP contribution < -0.4 is 10.9 Å². The molecule has 2 heterocycles. The number of carbonyl (C=O) groups excluding carboxylic acids is 1. The highest BCUT2D eigenvalue weighted by Crippen LogP contribution is 2.20. The molecule has 1 aliphatic heterocycles. The Labute approximate surface area is 145 Å². The molecule has 2 aromatic rings. The monoisotopic (exact) mass is 347 g/mol. The number of hydrogen-bond donors (Lipinski definition) is 2. The van der Waals surface area contributed by atoms with E-state index in [0.29, 0.717) is 49.3 Å². The van der Waals surface area contributed by atoms with Crippen LogP contribution in [0.1, 0.15) is 30.3 Å². The average Bonchev–Trinajstić information content (AvgIpc) is 3.07. The van der Waals surface area contributed by atoms with E-state index in [1.807, 2.05) is 6.07 Å². The minimum absolute atomic E-state index is 0.208. The maximum Gasteiger partial charge on any atom is 0.277 e. The number of rotatable bonds is 6. The van der Waals surface area contributed by atoms with E-state index in [9.17, 15) is 14.0 Å². The Morgan fingerprint density at radius 1 is 1.40 bits per heavy atom. The Kier molecular flexibility index (Phi) is 6.82. The summed E-state index contributed by atoms with van der Waals surface area (Å²) in [7, 11) is 1.00. The summed E-state index contributed by atoms with van der Waals surface area (Å²) in [5.41, 5.74) is 0.839. The molecule has 1 unspecified atom stereocenters. The van der Waals surface area contributed by atoms with Crippen molar-refractivity contribution in [3.8, 4) is 0 Å². The zero-order valence-corrected chi connectivity index (χ0v) is 14.1. The van der Waals surface area contributed by atoms with Gasteiger partial charge in [0.2, 0.25) is 0 Å². The van der Waals surface area contributed by atoms with E-state index in [4.69, 9.17) is 5.11 Å². The fraction of sp³-hybridized carbons (Fsp3) is 0.389. The van der Waals surface area contributed by atoms with Crippen LogP contribution in [-0.2, 0) is 17.6 Å². The number of fused-ring (bicyclic) bond motifs is 1. The Hall–Kier alpha value is -2.54. The molecule has 0 amide bonds. The third-order valence-electron chi connectivity index (χ3n) is 4.12. The number of nitrogens with zero attached hydrogens (tertiary/aromatic N) is 2. The standard InChI is InChI=1S/C17H18FN3O2.CH4O/c18-14-6-2-1-4-12(14)5-3-9-19-15-10-20-16-8-7-13(11-22)21(16)17(15)23;1-2/h1-2,4,6,10-11,13,19H,3,5,7-9H2;2H,1H3. The molecule has 0 saturated heterocycles. The number of anilines is 1. The summed E-state index contributed by atoms with van der Waals surface area (Å²) < 4.78 is 15.0. The lowest BCUT2D eigenvalue weighted by Gasteiger charge is -2.11. The van der Waals surface area contributed by atoms with Gasteiger partial charge >= 0.3 is 0 Å². The third kappa shape index (κ3) is 4.30. The molecule has 1 aliphatic rings. The SMILES string of the molecule is CO.O=CC1CCc2ncc(NCCCc3ccccc3F)c(=O)n21. The molecule has 2 N–H and O–H groups in total. The quantitative estimate of drug-likeness (QED) is 0.614. The van der Waals surface area contributed by atoms with Gasteiger partial charge in [0.05, 0.1) is 12.2 Å². The van der Waals surface area contributed by atoms with Gasteiger partial charge in [0, 0.05) is 20.1 Å². The lowest BCUT2D eigenvalue weighted by Crippen LogP contribution is -2.27. The Bertz CT molecular complexity index is 776. The molecule has 25 heavy (non-hydrogen) atoms. The van der Waals surface area contributed by atoms with Crippen molar-refractivity contribution >= 4 is 12.0 Å². The van der Waals surface area contributed by atoms with Gasteiger partial charge in [0.1, 0.15) is 23.6 Å². The molecule has 1 atom stereocenters. The summed E-state index contributed by atoms with van der Waals surface area (Å²) in [5.74, 6) is 0.449. The van der Waals surface area contributed by atoms with E-state index >= 15 is 0 Å². The summed E-state index contributed by atoms with van der Waals surface area (Å²) in [6.07, 6.45) is 4.87. The first-order valence-corrected chi connectivity index (χ1v) is 8.18. The largest absolute Gasteiger partial charge is 0.400 e. The maximum atomic E-state index is 13.5. The zero-order valence-electron chi connectivity index (χ0n) is 14.1. The molecular formula is C18H22FN3O3. The van der Waals surface area contributed by atoms with Crippen LogP contribution >= 0.6 is 0 Å². The molecule has 0 saturated carbocycles. The molecule has 3 rings (SSSR count). The fourth-order valence-electron chi connectivity index (χ4n) is 2.89. The van der Waals surface area contributed by atoms with Gasteiger partial charge in [-0.2, -0.15) is 0 Å². The molecule has 1 aromatic carbocycles. The van der Waals surface area contributed by atoms with Gasteiger partial charge < -0.3 is 15.2 Å². The van der Waals surface area contributed by atoms with Crippen LogP contribution in [-0.4, -0.2) is 34.6 Å². The smallest absolute Gasteiger partial charge is 0.277 e. The predicted molar refractivity (Wildman–Crippen MR) is 93.3 cm³/mol. The van der Waals surface area contributed by atoms with E-state index in [2.05, 4.69) is 10.3 Å². The number of aliphatic hydroxyl groups is 1. The van der Waals surface area contributed by atoms with E-state index in [1.165, 1.54) is 16.8 Å². The van der Waals surface area contributed by atoms with Gasteiger partial charge in [-0.25, -0.2) is 9.37 Å². The number of aldehydes is 1. The molecule has 0 bridgehead atoms. The Morgan fingerprint density at radius 2 is 2.16 bits per heavy atom. The molecule has 0 aliphatic carbocycles. The van der Waals surface area contributed by atoms with Crippen molar-refractivity contribution in [1.82, 2.24) is 9.55 Å². The van der Waals surface area contributed by atoms with Crippen LogP contribution in [0.4, 0.5) is 10.1 Å². The van der Waals surface area contributed by atoms with E-state index < -0.39 is 6.04 Å². The molecule has 6 nitrogen and oxygen atoms in total. The van der Waals surface area contributed by atoms with Gasteiger partial charge in [-0.05, 0) is 30.9 Å². The summed E-state index contributed by atoms with van der Waals surface area (Å²) in [5, 5.41) is 10.0. The van der Waals surface area contributed by atoms with Crippen LogP contribution in [0.15, 0.2) is 35.3 Å². The van der Waals surface area contributed by atoms with Crippen molar-refractivity contribution in [3.05, 3.63) is 58.0 Å². The number of carbonyl (C=O) groups is 1. The molecule has 0 spiro atoms. The summed E-state index contributed by atoms with van der Waals surface area (Å²) in [6, 6.07) is 6.26. The number of aliphatic hydroxyl groups excluding tert-OH is 1. The van der Waals surface area contributed by atoms with Crippen LogP contribution in [0, 0.1) is 5.82 Å². The topological polar surface area (TPSA) is 84.2 Å². The summed E-state index contributed by atoms with van der Waals surface area (Å²) in [6.45, 7) is 0.538. The minimum atomic E-state index is -0.412. The highest BCUT2D eigenvalue weighted by atomic mass is 19.1. The first kappa shape index (κ1) is 18.8. The molecule has 7 heteroatoms. The number of aromatic nitrogens is 2. The highest BCUT2D eigenvalue weighted by molar-refractivity contribution is 5.57. The summed E-state index contributed by atoms with van der Waals surface area (Å²) in [4.78, 5) is 27.7. The molecular weight excluding hydrogens is 325 g/mol. The number of hydrogen-bond acceptors (Lipinski definition) is 5. The first-order valence-electron chi connectivity index (χ1n) is 8.18. The molecule has 134 valence electrons. The predicted octanol–water partition coefficient (Wildman–Crippen LogP) is 1.72. The van der Waals surface area contributed by atoms with Crippen LogP contribution in [0.2, 0.25) is 0 Å². The van der Waals surface area contributed by atoms with E-state index in [-0.39, 0.29) is 11.4 Å². The minimum Gasteiger partial charge on any atom is -0.400 e. The van der Waals surface area contributed by atoms with E-state index in [0.717, 1.165) is 13.4 Å². The maximum absolute atomic E-state index is 13.5. The molecule has 1 aromatic heterocycles. The van der Waals surface area contributed by atoms with E-state index in [1.54, 1.807) is 12.1 Å². The Balaban J connectivity index is 0.00000109. The van der Waals surface area contributed by atoms with Crippen LogP contribution in [0.25, 0.3) is 0 Å². The van der Waals surface area contributed by atoms with Crippen LogP contribution in [0.3, 0.4) is 0 Å². The first-order chi connectivity index (χ1) is 12.2. The second kappa shape index (κ2) is 9.08. The molecule has 0 radical (unpaired) electrons. The molecule has 0 fully saturated rings. The van der Waals surface area contributed by atoms with Crippen molar-refractivity contribution < 1.29 is 14.3 Å². The van der Waals surface area contributed by atoms with Crippen molar-refractivity contribution in [2.24, 2.45) is 0 Å². The highest BCUT2D eigenvalue weighted by Gasteiger charge is 2.24. The lowest BCUT2D eigenvalue weighted by atomic mass is 10.1. The number of nitrogens with one attached hydrogen (secondary N) is 1. The van der Waals surface area contributed by atoms with Crippen molar-refractivity contribution in [3.63, 3.8) is 0 Å². The second-order valence-electron chi connectivity index (χ2n) is 5.63. The number of halogens is 1. The van der Waals surface area contributed by atoms with Gasteiger partial charge in [0.25, 0.3) is 5.56 Å². The normalized spacial score (nSPS) is 15.1. The summed E-state index contributed by atoms with van der Waals surface area (Å²) >= 11 is 0. The van der Waals surface area contributed by atoms with Crippen LogP contribution in [0.5, 0.6) is 0 Å². The van der Waals surface area contributed by atoms with Gasteiger partial charge in [0.15, 0.2) is 0 Å². The Morgan fingerprint density at radius 3 is 2.88 bits per heavy atom. The van der Waals surface area contributed by atoms with Crippen molar-refractivity contribution in [2.45, 2.75) is 31.7 Å². The second-order valence-corrected chi connectivity index (χ2v) is 5.63. The lowest BCUT2D eigenvalue weighted by molar-refractivity contribution is -0.110. The third-order valence-corrected chi connectivity index (χ3v) is 4.12. The zero-order chi connectivity index (χ0) is 18.2. The van der Waals surface area contributed by atoms with Gasteiger partial charge in [-0.1, -0.05) is 18.2 Å². The van der Waals surface area contributed by atoms with Gasteiger partial charge in [-0.3, -0.25) is 9.36 Å². The number of aryl methyl sites for hydroxylation is 2. The van der Waals surface area contributed by atoms with Crippen molar-refractivity contribution in [1.29, 1.82) is 0 Å². The van der Waals surface area contributed by atoms with Crippen molar-refractivity contribution in [2.75, 3.05) is 19.0 Å². The fourth-order valence-corrected chi connectivity index (χ4v) is 2.89. The average molecular weight is 347 g/mol.